The van der Waals surface area contributed by atoms with Gasteiger partial charge in [-0.25, -0.2) is 5.48 Å². The first-order valence-electron chi connectivity index (χ1n) is 6.82. The molecule has 1 aromatic heterocycles. The summed E-state index contributed by atoms with van der Waals surface area (Å²) >= 11 is 0. The maximum atomic E-state index is 12.2. The van der Waals surface area contributed by atoms with E-state index in [0.717, 1.165) is 25.7 Å². The minimum Gasteiger partial charge on any atom is -0.360 e. The van der Waals surface area contributed by atoms with E-state index >= 15 is 0 Å². The van der Waals surface area contributed by atoms with E-state index in [1.807, 2.05) is 6.07 Å². The van der Waals surface area contributed by atoms with Gasteiger partial charge >= 0.3 is 0 Å². The van der Waals surface area contributed by atoms with Crippen LogP contribution in [0.25, 0.3) is 10.9 Å². The van der Waals surface area contributed by atoms with Crippen LogP contribution in [-0.4, -0.2) is 17.0 Å². The van der Waals surface area contributed by atoms with Crippen molar-refractivity contribution in [3.63, 3.8) is 0 Å². The molecule has 1 amide bonds. The van der Waals surface area contributed by atoms with Crippen LogP contribution in [0.15, 0.2) is 35.3 Å². The van der Waals surface area contributed by atoms with Gasteiger partial charge in [-0.1, -0.05) is 25.0 Å². The highest BCUT2D eigenvalue weighted by atomic mass is 16.7. The van der Waals surface area contributed by atoms with Crippen LogP contribution in [0.3, 0.4) is 0 Å². The zero-order valence-corrected chi connectivity index (χ0v) is 11.0. The van der Waals surface area contributed by atoms with E-state index in [4.69, 9.17) is 4.84 Å². The molecule has 2 aromatic rings. The molecule has 20 heavy (non-hydrogen) atoms. The second-order valence-electron chi connectivity index (χ2n) is 5.03. The number of fused-ring (bicyclic) bond motifs is 1. The Hall–Kier alpha value is -2.14. The van der Waals surface area contributed by atoms with Crippen molar-refractivity contribution in [2.24, 2.45) is 0 Å². The van der Waals surface area contributed by atoms with Gasteiger partial charge in [0.15, 0.2) is 0 Å². The molecule has 0 atom stereocenters. The van der Waals surface area contributed by atoms with Gasteiger partial charge in [0.2, 0.25) is 5.43 Å². The first-order chi connectivity index (χ1) is 9.75. The number of amides is 1. The van der Waals surface area contributed by atoms with Crippen molar-refractivity contribution in [1.29, 1.82) is 0 Å². The van der Waals surface area contributed by atoms with Crippen molar-refractivity contribution >= 4 is 16.8 Å². The number of carbonyl (C=O) groups is 1. The molecule has 3 rings (SSSR count). The lowest BCUT2D eigenvalue weighted by molar-refractivity contribution is -0.0125. The van der Waals surface area contributed by atoms with Crippen LogP contribution in [-0.2, 0) is 4.84 Å². The Morgan fingerprint density at radius 2 is 2.00 bits per heavy atom. The monoisotopic (exact) mass is 272 g/mol. The number of nitrogens with one attached hydrogen (secondary N) is 2. The number of pyridine rings is 1. The summed E-state index contributed by atoms with van der Waals surface area (Å²) < 4.78 is 0. The zero-order chi connectivity index (χ0) is 13.9. The van der Waals surface area contributed by atoms with Crippen LogP contribution < -0.4 is 10.9 Å². The summed E-state index contributed by atoms with van der Waals surface area (Å²) in [5.41, 5.74) is 2.89. The molecule has 1 aliphatic carbocycles. The molecule has 5 heteroatoms. The maximum Gasteiger partial charge on any atom is 0.280 e. The number of hydroxylamine groups is 1. The van der Waals surface area contributed by atoms with Gasteiger partial charge in [-0.05, 0) is 25.0 Å². The number of rotatable bonds is 3. The van der Waals surface area contributed by atoms with Gasteiger partial charge in [-0.15, -0.1) is 0 Å². The molecular formula is C15H16N2O3. The SMILES string of the molecule is O=C(NOC1CCCC1)c1c[nH]c2ccccc2c1=O. The smallest absolute Gasteiger partial charge is 0.280 e. The van der Waals surface area contributed by atoms with Crippen LogP contribution in [0.4, 0.5) is 0 Å². The van der Waals surface area contributed by atoms with Crippen molar-refractivity contribution in [1.82, 2.24) is 10.5 Å². The Morgan fingerprint density at radius 3 is 2.80 bits per heavy atom. The molecule has 1 fully saturated rings. The fourth-order valence-corrected chi connectivity index (χ4v) is 2.53. The minimum absolute atomic E-state index is 0.0680. The molecule has 1 heterocycles. The van der Waals surface area contributed by atoms with Crippen LogP contribution in [0.2, 0.25) is 0 Å². The molecule has 104 valence electrons. The molecular weight excluding hydrogens is 256 g/mol. The van der Waals surface area contributed by atoms with Crippen LogP contribution in [0.1, 0.15) is 36.0 Å². The average Bonchev–Trinajstić information content (AvgIpc) is 2.99. The third-order valence-electron chi connectivity index (χ3n) is 3.65. The predicted molar refractivity (Wildman–Crippen MR) is 75.4 cm³/mol. The molecule has 5 nitrogen and oxygen atoms in total. The number of hydrogen-bond acceptors (Lipinski definition) is 3. The molecule has 0 saturated heterocycles. The molecule has 1 saturated carbocycles. The Labute approximate surface area is 115 Å². The van der Waals surface area contributed by atoms with E-state index in [1.165, 1.54) is 6.20 Å². The third-order valence-corrected chi connectivity index (χ3v) is 3.65. The van der Waals surface area contributed by atoms with Crippen molar-refractivity contribution in [2.45, 2.75) is 31.8 Å². The molecule has 0 spiro atoms. The number of para-hydroxylation sites is 1. The first-order valence-corrected chi connectivity index (χ1v) is 6.82. The van der Waals surface area contributed by atoms with Gasteiger partial charge in [0.05, 0.1) is 6.10 Å². The zero-order valence-electron chi connectivity index (χ0n) is 11.0. The molecule has 0 aliphatic heterocycles. The molecule has 1 aliphatic rings. The lowest BCUT2D eigenvalue weighted by Crippen LogP contribution is -2.32. The summed E-state index contributed by atoms with van der Waals surface area (Å²) in [6, 6.07) is 7.10. The highest BCUT2D eigenvalue weighted by Gasteiger charge is 2.18. The lowest BCUT2D eigenvalue weighted by Gasteiger charge is -2.11. The molecule has 2 N–H and O–H groups in total. The fourth-order valence-electron chi connectivity index (χ4n) is 2.53. The number of aromatic amines is 1. The van der Waals surface area contributed by atoms with E-state index < -0.39 is 5.91 Å². The van der Waals surface area contributed by atoms with Gasteiger partial charge in [-0.3, -0.25) is 14.4 Å². The molecule has 1 aromatic carbocycles. The van der Waals surface area contributed by atoms with E-state index in [-0.39, 0.29) is 17.1 Å². The van der Waals surface area contributed by atoms with Gasteiger partial charge in [0, 0.05) is 17.1 Å². The van der Waals surface area contributed by atoms with Crippen molar-refractivity contribution in [3.8, 4) is 0 Å². The number of benzene rings is 1. The summed E-state index contributed by atoms with van der Waals surface area (Å²) in [5.74, 6) is -0.496. The van der Waals surface area contributed by atoms with E-state index in [2.05, 4.69) is 10.5 Å². The fraction of sp³-hybridized carbons (Fsp3) is 0.333. The molecule has 0 unspecified atom stereocenters. The third kappa shape index (κ3) is 2.44. The normalized spacial score (nSPS) is 15.6. The largest absolute Gasteiger partial charge is 0.360 e. The van der Waals surface area contributed by atoms with Gasteiger partial charge in [0.25, 0.3) is 5.91 Å². The number of carbonyl (C=O) groups excluding carboxylic acids is 1. The van der Waals surface area contributed by atoms with Crippen LogP contribution in [0.5, 0.6) is 0 Å². The number of aromatic nitrogens is 1. The molecule has 0 radical (unpaired) electrons. The van der Waals surface area contributed by atoms with E-state index in [9.17, 15) is 9.59 Å². The topological polar surface area (TPSA) is 71.2 Å². The second kappa shape index (κ2) is 5.46. The van der Waals surface area contributed by atoms with E-state index in [1.54, 1.807) is 18.2 Å². The quantitative estimate of drug-likeness (QED) is 0.841. The van der Waals surface area contributed by atoms with Gasteiger partial charge in [-0.2, -0.15) is 0 Å². The first kappa shape index (κ1) is 12.9. The summed E-state index contributed by atoms with van der Waals surface area (Å²) in [4.78, 5) is 32.5. The second-order valence-corrected chi connectivity index (χ2v) is 5.03. The Balaban J connectivity index is 1.80. The van der Waals surface area contributed by atoms with Gasteiger partial charge in [0.1, 0.15) is 5.56 Å². The summed E-state index contributed by atoms with van der Waals surface area (Å²) in [5, 5.41) is 0.501. The number of H-pyrrole nitrogens is 1. The van der Waals surface area contributed by atoms with Crippen molar-refractivity contribution in [3.05, 3.63) is 46.2 Å². The van der Waals surface area contributed by atoms with Crippen molar-refractivity contribution < 1.29 is 9.63 Å². The number of hydrogen-bond donors (Lipinski definition) is 2. The van der Waals surface area contributed by atoms with Crippen LogP contribution >= 0.6 is 0 Å². The standard InChI is InChI=1S/C15H16N2O3/c18-14-11-7-3-4-8-13(11)16-9-12(14)15(19)17-20-10-5-1-2-6-10/h3-4,7-10H,1-2,5-6H2,(H,16,18)(H,17,19). The summed E-state index contributed by atoms with van der Waals surface area (Å²) in [7, 11) is 0. The highest BCUT2D eigenvalue weighted by Crippen LogP contribution is 2.19. The van der Waals surface area contributed by atoms with Crippen molar-refractivity contribution in [2.75, 3.05) is 0 Å². The molecule has 0 bridgehead atoms. The van der Waals surface area contributed by atoms with Gasteiger partial charge < -0.3 is 4.98 Å². The lowest BCUT2D eigenvalue weighted by atomic mass is 10.1. The maximum absolute atomic E-state index is 12.2. The summed E-state index contributed by atoms with van der Waals surface area (Å²) in [6.07, 6.45) is 5.65. The highest BCUT2D eigenvalue weighted by molar-refractivity contribution is 5.96. The minimum atomic E-state index is -0.496. The Morgan fingerprint density at radius 1 is 1.25 bits per heavy atom. The average molecular weight is 272 g/mol. The predicted octanol–water partition coefficient (Wildman–Crippen LogP) is 2.13. The Kier molecular flexibility index (Phi) is 3.52. The Bertz CT molecular complexity index is 687. The summed E-state index contributed by atoms with van der Waals surface area (Å²) in [6.45, 7) is 0. The van der Waals surface area contributed by atoms with Crippen LogP contribution in [0, 0.1) is 0 Å². The van der Waals surface area contributed by atoms with E-state index in [0.29, 0.717) is 10.9 Å².